The van der Waals surface area contributed by atoms with E-state index < -0.39 is 19.2 Å². The minimum atomic E-state index is -2.03. The number of aromatic nitrogens is 4. The summed E-state index contributed by atoms with van der Waals surface area (Å²) in [5.74, 6) is 7.35. The number of benzene rings is 5. The molecule has 0 fully saturated rings. The van der Waals surface area contributed by atoms with Gasteiger partial charge in [0.15, 0.2) is 0 Å². The first-order valence-corrected chi connectivity index (χ1v) is 25.4. The molecule has 1 radical (unpaired) electrons. The molecule has 5 aromatic carbocycles. The first kappa shape index (κ1) is 34.6. The predicted octanol–water partition coefficient (Wildman–Crippen LogP) is 11.6. The molecule has 7 heteroatoms. The number of hydrogen-bond donors (Lipinski definition) is 0. The average molecular weight is 933 g/mol. The first-order chi connectivity index (χ1) is 25.1. The van der Waals surface area contributed by atoms with Gasteiger partial charge in [0.1, 0.15) is 0 Å². The number of imidazole rings is 1. The number of thiophene rings is 1. The fourth-order valence-electron chi connectivity index (χ4n) is 6.68. The van der Waals surface area contributed by atoms with Crippen LogP contribution < -0.4 is 4.40 Å². The molecule has 4 aromatic heterocycles. The largest absolute Gasteiger partial charge is 0.333 e. The van der Waals surface area contributed by atoms with E-state index in [0.717, 1.165) is 61.2 Å². The molecular weight excluding hydrogens is 893 g/mol. The maximum absolute atomic E-state index is 8.44. The zero-order valence-electron chi connectivity index (χ0n) is 30.7. The maximum Gasteiger partial charge on any atom is 0.0774 e. The van der Waals surface area contributed by atoms with Crippen LogP contribution >= 0.6 is 11.3 Å². The topological polar surface area (TPSA) is 43.6 Å². The summed E-state index contributed by atoms with van der Waals surface area (Å²) in [6.45, 7) is 3.91. The summed E-state index contributed by atoms with van der Waals surface area (Å²) in [7, 11) is 0. The molecule has 0 spiro atoms. The number of rotatable bonds is 5. The first-order valence-electron chi connectivity index (χ1n) is 17.7. The summed E-state index contributed by atoms with van der Waals surface area (Å²) in [4.78, 5) is 14.5. The summed E-state index contributed by atoms with van der Waals surface area (Å²) in [6.07, 6.45) is 3.97. The van der Waals surface area contributed by atoms with E-state index >= 15 is 0 Å². The Morgan fingerprint density at radius 3 is 2.27 bits per heavy atom. The van der Waals surface area contributed by atoms with Crippen molar-refractivity contribution in [3.8, 4) is 28.3 Å². The Morgan fingerprint density at radius 2 is 1.50 bits per heavy atom. The standard InChI is InChI=1S/C28H16N3S.C17H22GeN.Ir/c1-2-10-19(11-3-1)31-24-16-7-6-15-23(24)30-28(31)22-14-8-13-21-25-27(32-26(21)22)20-12-5-4-9-18(20)17-29-25;1-13(2)15-11-17(14-9-7-6-8-10-14)19-12-16(15)18(3,4)5;/h1-13,15-17H;6-9,11-13H,1-5H3;/q2*-1;/i;13D;. The van der Waals surface area contributed by atoms with E-state index in [9.17, 15) is 0 Å². The van der Waals surface area contributed by atoms with Gasteiger partial charge in [-0.15, -0.1) is 18.2 Å². The summed E-state index contributed by atoms with van der Waals surface area (Å²) < 4.78 is 14.4. The van der Waals surface area contributed by atoms with Crippen LogP contribution in [0.3, 0.4) is 0 Å². The minimum absolute atomic E-state index is 0. The molecule has 0 aliphatic carbocycles. The minimum Gasteiger partial charge on any atom is -0.333 e. The zero-order valence-corrected chi connectivity index (χ0v) is 35.0. The second-order valence-corrected chi connectivity index (χ2v) is 25.5. The van der Waals surface area contributed by atoms with Gasteiger partial charge in [-0.1, -0.05) is 65.5 Å². The predicted molar refractivity (Wildman–Crippen MR) is 219 cm³/mol. The van der Waals surface area contributed by atoms with Gasteiger partial charge in [-0.25, -0.2) is 0 Å². The van der Waals surface area contributed by atoms with E-state index in [-0.39, 0.29) is 20.1 Å². The molecule has 259 valence electrons. The van der Waals surface area contributed by atoms with Crippen molar-refractivity contribution >= 4 is 71.1 Å². The Kier molecular flexibility index (Phi) is 9.91. The number of fused-ring (bicyclic) bond motifs is 6. The SMILES string of the molecule is [2H]C(C)(C)c1cc(-c2[c-]cccc2)nc[c]1[Ge]([CH3])([CH3])[CH3].[Ir].[c-]1ccc2c(sc3c4ccccc4cnc23)c1-c1nc2ccccc2n1-c1ccccc1. The Bertz CT molecular complexity index is 2710. The van der Waals surface area contributed by atoms with Crippen molar-refractivity contribution in [2.45, 2.75) is 37.0 Å². The average Bonchev–Trinajstić information content (AvgIpc) is 3.74. The fourth-order valence-corrected chi connectivity index (χ4v) is 11.3. The Morgan fingerprint density at radius 1 is 0.750 bits per heavy atom. The van der Waals surface area contributed by atoms with E-state index in [1.165, 1.54) is 19.2 Å². The molecule has 4 heterocycles. The molecule has 0 aliphatic heterocycles. The van der Waals surface area contributed by atoms with Gasteiger partial charge in [0.2, 0.25) is 0 Å². The summed E-state index contributed by atoms with van der Waals surface area (Å²) in [5, 5.41) is 3.55. The smallest absolute Gasteiger partial charge is 0.0774 e. The van der Waals surface area contributed by atoms with Gasteiger partial charge in [0.25, 0.3) is 0 Å². The molecule has 4 nitrogen and oxygen atoms in total. The van der Waals surface area contributed by atoms with Crippen LogP contribution in [0.1, 0.15) is 26.7 Å². The van der Waals surface area contributed by atoms with E-state index in [1.54, 1.807) is 11.3 Å². The summed E-state index contributed by atoms with van der Waals surface area (Å²) in [6, 6.07) is 47.9. The van der Waals surface area contributed by atoms with Crippen molar-refractivity contribution in [1.29, 1.82) is 0 Å². The third kappa shape index (κ3) is 6.77. The van der Waals surface area contributed by atoms with E-state index in [2.05, 4.69) is 118 Å². The van der Waals surface area contributed by atoms with Crippen LogP contribution in [0.15, 0.2) is 134 Å². The van der Waals surface area contributed by atoms with Crippen LogP contribution in [0.25, 0.3) is 70.4 Å². The third-order valence-electron chi connectivity index (χ3n) is 9.20. The number of para-hydroxylation sites is 3. The van der Waals surface area contributed by atoms with Crippen molar-refractivity contribution in [1.82, 2.24) is 19.5 Å². The van der Waals surface area contributed by atoms with E-state index in [0.29, 0.717) is 0 Å². The second kappa shape index (κ2) is 14.9. The van der Waals surface area contributed by atoms with Gasteiger partial charge in [-0.2, -0.15) is 11.3 Å². The number of hydrogen-bond acceptors (Lipinski definition) is 4. The molecule has 0 bridgehead atoms. The van der Waals surface area contributed by atoms with Gasteiger partial charge >= 0.3 is 120 Å². The van der Waals surface area contributed by atoms with E-state index in [1.807, 2.05) is 68.7 Å². The van der Waals surface area contributed by atoms with Crippen molar-refractivity contribution < 1.29 is 21.5 Å². The number of nitrogens with zero attached hydrogens (tertiary/aromatic N) is 4. The monoisotopic (exact) mass is 934 g/mol. The molecule has 52 heavy (non-hydrogen) atoms. The van der Waals surface area contributed by atoms with Crippen LogP contribution in [0.5, 0.6) is 0 Å². The maximum atomic E-state index is 8.44. The fraction of sp³-hybridized carbons (Fsp3) is 0.133. The van der Waals surface area contributed by atoms with Crippen molar-refractivity contribution in [3.05, 3.63) is 151 Å². The Balaban J connectivity index is 0.000000180. The van der Waals surface area contributed by atoms with Crippen LogP contribution in [0.4, 0.5) is 0 Å². The van der Waals surface area contributed by atoms with Gasteiger partial charge in [0.05, 0.1) is 27.1 Å². The van der Waals surface area contributed by atoms with Crippen molar-refractivity contribution in [3.63, 3.8) is 0 Å². The zero-order chi connectivity index (χ0) is 36.0. The van der Waals surface area contributed by atoms with Gasteiger partial charge < -0.3 is 4.57 Å². The van der Waals surface area contributed by atoms with Crippen molar-refractivity contribution in [2.24, 2.45) is 0 Å². The molecule has 0 atom stereocenters. The van der Waals surface area contributed by atoms with E-state index in [4.69, 9.17) is 11.3 Å². The van der Waals surface area contributed by atoms with Gasteiger partial charge in [0, 0.05) is 42.8 Å². The van der Waals surface area contributed by atoms with Crippen LogP contribution in [-0.2, 0) is 20.1 Å². The third-order valence-corrected chi connectivity index (χ3v) is 14.7. The van der Waals surface area contributed by atoms with Crippen LogP contribution in [0.2, 0.25) is 17.3 Å². The normalized spacial score (nSPS) is 12.1. The second-order valence-electron chi connectivity index (χ2n) is 14.0. The molecule has 0 saturated heterocycles. The molecule has 0 aliphatic rings. The summed E-state index contributed by atoms with van der Waals surface area (Å²) in [5.41, 5.74) is 8.22. The Hall–Kier alpha value is -4.46. The molecule has 9 rings (SSSR count). The van der Waals surface area contributed by atoms with Crippen LogP contribution in [0, 0.1) is 12.1 Å². The molecule has 9 aromatic rings. The Labute approximate surface area is 326 Å². The summed E-state index contributed by atoms with van der Waals surface area (Å²) >= 11 is -0.246. The van der Waals surface area contributed by atoms with Crippen LogP contribution in [-0.4, -0.2) is 32.8 Å². The van der Waals surface area contributed by atoms with Gasteiger partial charge in [-0.3, -0.25) is 9.97 Å². The molecule has 0 unspecified atom stereocenters. The molecule has 0 N–H and O–H groups in total. The van der Waals surface area contributed by atoms with Crippen molar-refractivity contribution in [2.75, 3.05) is 0 Å². The number of pyridine rings is 2. The molecule has 0 saturated carbocycles. The molecular formula is C45H38GeIrN4S-2. The van der Waals surface area contributed by atoms with Gasteiger partial charge in [-0.05, 0) is 29.0 Å². The molecule has 0 amide bonds. The quantitative estimate of drug-likeness (QED) is 0.128.